The molecule has 1 aliphatic carbocycles. The summed E-state index contributed by atoms with van der Waals surface area (Å²) in [6, 6.07) is 0. The molecule has 3 heteroatoms. The number of ketones is 1. The molecule has 0 saturated heterocycles. The number of carbonyl (C=O) groups is 1. The number of nitrogens with zero attached hydrogens (tertiary/aromatic N) is 1. The first-order valence-electron chi connectivity index (χ1n) is 6.60. The van der Waals surface area contributed by atoms with Gasteiger partial charge in [-0.05, 0) is 30.7 Å². The molecule has 1 N–H and O–H groups in total. The third-order valence-corrected chi connectivity index (χ3v) is 3.70. The van der Waals surface area contributed by atoms with Gasteiger partial charge in [0.25, 0.3) is 0 Å². The summed E-state index contributed by atoms with van der Waals surface area (Å²) in [5.74, 6) is 1.20. The van der Waals surface area contributed by atoms with Crippen LogP contribution in [0.15, 0.2) is 0 Å². The zero-order valence-electron chi connectivity index (χ0n) is 11.2. The third-order valence-electron chi connectivity index (χ3n) is 3.70. The van der Waals surface area contributed by atoms with Gasteiger partial charge in [0, 0.05) is 17.5 Å². The topological polar surface area (TPSA) is 45.8 Å². The van der Waals surface area contributed by atoms with E-state index in [9.17, 15) is 4.79 Å². The number of Topliss-reactive ketones (excluding diaryl/α,β-unsaturated/α-hetero) is 1. The van der Waals surface area contributed by atoms with E-state index < -0.39 is 0 Å². The lowest BCUT2D eigenvalue weighted by Gasteiger charge is -2.23. The summed E-state index contributed by atoms with van der Waals surface area (Å²) in [6.45, 7) is 8.31. The van der Waals surface area contributed by atoms with Gasteiger partial charge in [-0.15, -0.1) is 0 Å². The fourth-order valence-electron chi connectivity index (χ4n) is 2.71. The smallest absolute Gasteiger partial charge is 0.138 e. The van der Waals surface area contributed by atoms with Crippen LogP contribution in [0, 0.1) is 11.8 Å². The van der Waals surface area contributed by atoms with Crippen LogP contribution in [0.1, 0.15) is 57.0 Å². The second-order valence-corrected chi connectivity index (χ2v) is 5.72. The number of aromatic amines is 1. The van der Waals surface area contributed by atoms with Crippen LogP contribution in [-0.4, -0.2) is 16.0 Å². The van der Waals surface area contributed by atoms with Crippen molar-refractivity contribution in [1.29, 1.82) is 0 Å². The summed E-state index contributed by atoms with van der Waals surface area (Å²) in [5, 5.41) is 7.53. The Morgan fingerprint density at radius 2 is 2.06 bits per heavy atom. The Kier molecular flexibility index (Phi) is 3.36. The first-order valence-corrected chi connectivity index (χ1v) is 6.60. The maximum absolute atomic E-state index is 12.1. The fourth-order valence-corrected chi connectivity index (χ4v) is 2.71. The quantitative estimate of drug-likeness (QED) is 0.874. The molecule has 2 rings (SSSR count). The van der Waals surface area contributed by atoms with E-state index in [4.69, 9.17) is 0 Å². The van der Waals surface area contributed by atoms with Crippen molar-refractivity contribution >= 4 is 5.78 Å². The van der Waals surface area contributed by atoms with Crippen molar-refractivity contribution in [3.05, 3.63) is 17.0 Å². The summed E-state index contributed by atoms with van der Waals surface area (Å²) in [7, 11) is 0. The molecule has 3 nitrogen and oxygen atoms in total. The van der Waals surface area contributed by atoms with E-state index in [2.05, 4.69) is 24.0 Å². The number of hydrogen-bond donors (Lipinski definition) is 1. The molecule has 0 bridgehead atoms. The largest absolute Gasteiger partial charge is 0.299 e. The Morgan fingerprint density at radius 1 is 1.35 bits per heavy atom. The SMILES string of the molecule is CC(C)C(=O)C1CCc2[nH]nc(C(C)C)c2C1. The minimum Gasteiger partial charge on any atom is -0.299 e. The number of nitrogens with one attached hydrogen (secondary N) is 1. The minimum atomic E-state index is 0.149. The monoisotopic (exact) mass is 234 g/mol. The molecule has 1 unspecified atom stereocenters. The lowest BCUT2D eigenvalue weighted by Crippen LogP contribution is -2.26. The predicted molar refractivity (Wildman–Crippen MR) is 68.0 cm³/mol. The maximum atomic E-state index is 12.1. The van der Waals surface area contributed by atoms with Crippen molar-refractivity contribution in [2.45, 2.75) is 52.9 Å². The molecule has 1 aliphatic rings. The van der Waals surface area contributed by atoms with Crippen LogP contribution in [0.2, 0.25) is 0 Å². The van der Waals surface area contributed by atoms with Gasteiger partial charge < -0.3 is 0 Å². The summed E-state index contributed by atoms with van der Waals surface area (Å²) in [5.41, 5.74) is 3.72. The van der Waals surface area contributed by atoms with Gasteiger partial charge in [0.15, 0.2) is 0 Å². The van der Waals surface area contributed by atoms with E-state index in [1.165, 1.54) is 11.3 Å². The van der Waals surface area contributed by atoms with E-state index >= 15 is 0 Å². The normalized spacial score (nSPS) is 19.8. The highest BCUT2D eigenvalue weighted by Gasteiger charge is 2.29. The van der Waals surface area contributed by atoms with Gasteiger partial charge in [-0.25, -0.2) is 0 Å². The van der Waals surface area contributed by atoms with Gasteiger partial charge >= 0.3 is 0 Å². The second-order valence-electron chi connectivity index (χ2n) is 5.72. The molecule has 0 saturated carbocycles. The number of aromatic nitrogens is 2. The molecule has 94 valence electrons. The molecule has 0 aliphatic heterocycles. The van der Waals surface area contributed by atoms with Crippen LogP contribution >= 0.6 is 0 Å². The molecule has 1 heterocycles. The fraction of sp³-hybridized carbons (Fsp3) is 0.714. The average molecular weight is 234 g/mol. The predicted octanol–water partition coefficient (Wildman–Crippen LogP) is 2.86. The summed E-state index contributed by atoms with van der Waals surface area (Å²) < 4.78 is 0. The molecule has 0 amide bonds. The van der Waals surface area contributed by atoms with Gasteiger partial charge in [-0.3, -0.25) is 9.89 Å². The molecular weight excluding hydrogens is 212 g/mol. The zero-order valence-corrected chi connectivity index (χ0v) is 11.2. The first kappa shape index (κ1) is 12.3. The highest BCUT2D eigenvalue weighted by molar-refractivity contribution is 5.83. The molecule has 0 spiro atoms. The number of hydrogen-bond acceptors (Lipinski definition) is 2. The highest BCUT2D eigenvalue weighted by Crippen LogP contribution is 2.31. The van der Waals surface area contributed by atoms with Crippen molar-refractivity contribution in [2.75, 3.05) is 0 Å². The maximum Gasteiger partial charge on any atom is 0.138 e. The molecule has 1 aromatic heterocycles. The first-order chi connectivity index (χ1) is 8.00. The van der Waals surface area contributed by atoms with Crippen LogP contribution < -0.4 is 0 Å². The summed E-state index contributed by atoms with van der Waals surface area (Å²) in [6.07, 6.45) is 2.83. The Bertz CT molecular complexity index is 418. The van der Waals surface area contributed by atoms with E-state index in [0.717, 1.165) is 25.0 Å². The zero-order chi connectivity index (χ0) is 12.6. The van der Waals surface area contributed by atoms with Crippen molar-refractivity contribution in [3.8, 4) is 0 Å². The van der Waals surface area contributed by atoms with Crippen LogP contribution in [0.4, 0.5) is 0 Å². The Labute approximate surface area is 103 Å². The van der Waals surface area contributed by atoms with Crippen molar-refractivity contribution in [3.63, 3.8) is 0 Å². The third kappa shape index (κ3) is 2.28. The van der Waals surface area contributed by atoms with E-state index in [1.54, 1.807) is 0 Å². The molecule has 0 aromatic carbocycles. The van der Waals surface area contributed by atoms with E-state index in [1.807, 2.05) is 13.8 Å². The summed E-state index contributed by atoms with van der Waals surface area (Å²) >= 11 is 0. The van der Waals surface area contributed by atoms with Crippen LogP contribution in [0.25, 0.3) is 0 Å². The number of carbonyl (C=O) groups excluding carboxylic acids is 1. The van der Waals surface area contributed by atoms with Gasteiger partial charge in [-0.2, -0.15) is 5.10 Å². The Hall–Kier alpha value is -1.12. The van der Waals surface area contributed by atoms with Crippen LogP contribution in [0.3, 0.4) is 0 Å². The molecule has 17 heavy (non-hydrogen) atoms. The highest BCUT2D eigenvalue weighted by atomic mass is 16.1. The van der Waals surface area contributed by atoms with E-state index in [-0.39, 0.29) is 11.8 Å². The molecule has 1 atom stereocenters. The number of aryl methyl sites for hydroxylation is 1. The number of H-pyrrole nitrogens is 1. The van der Waals surface area contributed by atoms with Gasteiger partial charge in [-0.1, -0.05) is 27.7 Å². The van der Waals surface area contributed by atoms with E-state index in [0.29, 0.717) is 11.7 Å². The number of rotatable bonds is 3. The van der Waals surface area contributed by atoms with Crippen molar-refractivity contribution in [2.24, 2.45) is 11.8 Å². The van der Waals surface area contributed by atoms with Gasteiger partial charge in [0.05, 0.1) is 5.69 Å². The standard InChI is InChI=1S/C14H22N2O/c1-8(2)13-11-7-10(14(17)9(3)4)5-6-12(11)15-16-13/h8-10H,5-7H2,1-4H3,(H,15,16). The molecule has 1 aromatic rings. The lowest BCUT2D eigenvalue weighted by molar-refractivity contribution is -0.126. The second kappa shape index (κ2) is 4.63. The number of fused-ring (bicyclic) bond motifs is 1. The van der Waals surface area contributed by atoms with Crippen LogP contribution in [-0.2, 0) is 17.6 Å². The van der Waals surface area contributed by atoms with Crippen molar-refractivity contribution < 1.29 is 4.79 Å². The lowest BCUT2D eigenvalue weighted by atomic mass is 9.80. The van der Waals surface area contributed by atoms with Crippen LogP contribution in [0.5, 0.6) is 0 Å². The molecule has 0 fully saturated rings. The Balaban J connectivity index is 2.22. The van der Waals surface area contributed by atoms with Gasteiger partial charge in [0.1, 0.15) is 5.78 Å². The minimum absolute atomic E-state index is 0.149. The van der Waals surface area contributed by atoms with Crippen molar-refractivity contribution in [1.82, 2.24) is 10.2 Å². The summed E-state index contributed by atoms with van der Waals surface area (Å²) in [4.78, 5) is 12.1. The van der Waals surface area contributed by atoms with Gasteiger partial charge in [0.2, 0.25) is 0 Å². The molecular formula is C14H22N2O. The molecule has 0 radical (unpaired) electrons. The average Bonchev–Trinajstić information content (AvgIpc) is 2.70. The Morgan fingerprint density at radius 3 is 2.65 bits per heavy atom.